The highest BCUT2D eigenvalue weighted by Crippen LogP contribution is 2.17. The van der Waals surface area contributed by atoms with Crippen LogP contribution >= 0.6 is 0 Å². The van der Waals surface area contributed by atoms with Crippen LogP contribution in [-0.2, 0) is 6.54 Å². The van der Waals surface area contributed by atoms with Crippen LogP contribution in [-0.4, -0.2) is 40.7 Å². The molecule has 2 heterocycles. The summed E-state index contributed by atoms with van der Waals surface area (Å²) in [6.07, 6.45) is 5.73. The molecule has 118 valence electrons. The number of likely N-dealkylation sites (tertiary alicyclic amines) is 1. The van der Waals surface area contributed by atoms with Crippen molar-refractivity contribution in [2.75, 3.05) is 19.6 Å². The fourth-order valence-corrected chi connectivity index (χ4v) is 2.89. The zero-order valence-electron chi connectivity index (χ0n) is 13.6. The first kappa shape index (κ1) is 16.2. The van der Waals surface area contributed by atoms with Crippen LogP contribution in [0.15, 0.2) is 29.2 Å². The van der Waals surface area contributed by atoms with E-state index in [0.717, 1.165) is 26.2 Å². The molecule has 0 bridgehead atoms. The second-order valence-corrected chi connectivity index (χ2v) is 7.05. The molecule has 1 N–H and O–H groups in total. The van der Waals surface area contributed by atoms with Crippen molar-refractivity contribution in [3.05, 3.63) is 34.7 Å². The number of hydrogen-bond donors (Lipinski definition) is 1. The fourth-order valence-electron chi connectivity index (χ4n) is 2.89. The Bertz CT molecular complexity index is 489. The predicted molar refractivity (Wildman–Crippen MR) is 87.7 cm³/mol. The van der Waals surface area contributed by atoms with E-state index in [2.05, 4.69) is 31.0 Å². The first-order valence-corrected chi connectivity index (χ1v) is 8.10. The average molecular weight is 291 g/mol. The topological polar surface area (TPSA) is 37.3 Å². The first-order valence-electron chi connectivity index (χ1n) is 8.10. The van der Waals surface area contributed by atoms with Gasteiger partial charge in [-0.2, -0.15) is 0 Å². The average Bonchev–Trinajstić information content (AvgIpc) is 2.44. The SMILES string of the molecule is CC(C)(C)NCC1CCCCN1CCn1ccccc1=O. The van der Waals surface area contributed by atoms with Crippen molar-refractivity contribution in [1.82, 2.24) is 14.8 Å². The van der Waals surface area contributed by atoms with E-state index in [1.165, 1.54) is 19.3 Å². The minimum Gasteiger partial charge on any atom is -0.314 e. The van der Waals surface area contributed by atoms with E-state index in [-0.39, 0.29) is 11.1 Å². The van der Waals surface area contributed by atoms with Gasteiger partial charge < -0.3 is 9.88 Å². The third kappa shape index (κ3) is 5.29. The largest absolute Gasteiger partial charge is 0.314 e. The van der Waals surface area contributed by atoms with Crippen molar-refractivity contribution >= 4 is 0 Å². The summed E-state index contributed by atoms with van der Waals surface area (Å²) in [6.45, 7) is 10.6. The highest BCUT2D eigenvalue weighted by atomic mass is 16.1. The maximum absolute atomic E-state index is 11.8. The van der Waals surface area contributed by atoms with Crippen LogP contribution in [0.25, 0.3) is 0 Å². The van der Waals surface area contributed by atoms with Crippen LogP contribution < -0.4 is 10.9 Å². The lowest BCUT2D eigenvalue weighted by atomic mass is 10.0. The maximum Gasteiger partial charge on any atom is 0.250 e. The normalized spacial score (nSPS) is 20.6. The molecule has 0 amide bonds. The van der Waals surface area contributed by atoms with Gasteiger partial charge in [-0.25, -0.2) is 0 Å². The molecule has 2 rings (SSSR count). The molecule has 0 aromatic carbocycles. The first-order chi connectivity index (χ1) is 9.96. The van der Waals surface area contributed by atoms with Gasteiger partial charge in [0.05, 0.1) is 0 Å². The number of pyridine rings is 1. The molecule has 0 saturated carbocycles. The van der Waals surface area contributed by atoms with Gasteiger partial charge in [-0.05, 0) is 46.2 Å². The summed E-state index contributed by atoms with van der Waals surface area (Å²) >= 11 is 0. The van der Waals surface area contributed by atoms with Gasteiger partial charge in [-0.15, -0.1) is 0 Å². The molecule has 1 aromatic rings. The minimum absolute atomic E-state index is 0.0962. The smallest absolute Gasteiger partial charge is 0.250 e. The molecule has 1 saturated heterocycles. The quantitative estimate of drug-likeness (QED) is 0.902. The van der Waals surface area contributed by atoms with Gasteiger partial charge in [0.2, 0.25) is 0 Å². The number of aromatic nitrogens is 1. The lowest BCUT2D eigenvalue weighted by Crippen LogP contribution is -2.50. The maximum atomic E-state index is 11.8. The van der Waals surface area contributed by atoms with Gasteiger partial charge in [0.15, 0.2) is 0 Å². The van der Waals surface area contributed by atoms with E-state index in [4.69, 9.17) is 0 Å². The Kier molecular flexibility index (Phi) is 5.59. The molecular formula is C17H29N3O. The van der Waals surface area contributed by atoms with E-state index >= 15 is 0 Å². The van der Waals surface area contributed by atoms with Crippen molar-refractivity contribution < 1.29 is 0 Å². The van der Waals surface area contributed by atoms with Crippen molar-refractivity contribution in [2.45, 2.75) is 58.2 Å². The molecular weight excluding hydrogens is 262 g/mol. The summed E-state index contributed by atoms with van der Waals surface area (Å²) in [5, 5.41) is 3.62. The Labute approximate surface area is 128 Å². The lowest BCUT2D eigenvalue weighted by Gasteiger charge is -2.37. The van der Waals surface area contributed by atoms with E-state index in [9.17, 15) is 4.79 Å². The molecule has 4 nitrogen and oxygen atoms in total. The summed E-state index contributed by atoms with van der Waals surface area (Å²) in [5.41, 5.74) is 0.262. The highest BCUT2D eigenvalue weighted by Gasteiger charge is 2.23. The molecule has 21 heavy (non-hydrogen) atoms. The van der Waals surface area contributed by atoms with Crippen molar-refractivity contribution in [3.63, 3.8) is 0 Å². The zero-order valence-corrected chi connectivity index (χ0v) is 13.6. The molecule has 0 aliphatic carbocycles. The lowest BCUT2D eigenvalue weighted by molar-refractivity contribution is 0.133. The van der Waals surface area contributed by atoms with Crippen molar-refractivity contribution in [1.29, 1.82) is 0 Å². The van der Waals surface area contributed by atoms with Crippen LogP contribution in [0.3, 0.4) is 0 Å². The Hall–Kier alpha value is -1.13. The fraction of sp³-hybridized carbons (Fsp3) is 0.706. The third-order valence-electron chi connectivity index (χ3n) is 4.14. The van der Waals surface area contributed by atoms with Crippen LogP contribution in [0.5, 0.6) is 0 Å². The summed E-state index contributed by atoms with van der Waals surface area (Å²) < 4.78 is 1.81. The molecule has 1 unspecified atom stereocenters. The summed E-state index contributed by atoms with van der Waals surface area (Å²) in [4.78, 5) is 14.3. The van der Waals surface area contributed by atoms with E-state index in [1.807, 2.05) is 16.8 Å². The summed E-state index contributed by atoms with van der Waals surface area (Å²) in [6, 6.07) is 5.96. The van der Waals surface area contributed by atoms with Crippen molar-refractivity contribution in [2.24, 2.45) is 0 Å². The van der Waals surface area contributed by atoms with Crippen LogP contribution in [0, 0.1) is 0 Å². The van der Waals surface area contributed by atoms with E-state index in [0.29, 0.717) is 6.04 Å². The second-order valence-electron chi connectivity index (χ2n) is 7.05. The summed E-state index contributed by atoms with van der Waals surface area (Å²) in [5.74, 6) is 0. The van der Waals surface area contributed by atoms with E-state index < -0.39 is 0 Å². The number of hydrogen-bond acceptors (Lipinski definition) is 3. The minimum atomic E-state index is 0.0962. The Balaban J connectivity index is 1.90. The number of nitrogens with one attached hydrogen (secondary N) is 1. The molecule has 1 atom stereocenters. The van der Waals surface area contributed by atoms with Crippen LogP contribution in [0.2, 0.25) is 0 Å². The summed E-state index contributed by atoms with van der Waals surface area (Å²) in [7, 11) is 0. The van der Waals surface area contributed by atoms with Crippen molar-refractivity contribution in [3.8, 4) is 0 Å². The third-order valence-corrected chi connectivity index (χ3v) is 4.14. The van der Waals surface area contributed by atoms with Gasteiger partial charge in [-0.3, -0.25) is 9.69 Å². The monoisotopic (exact) mass is 291 g/mol. The number of piperidine rings is 1. The molecule has 4 heteroatoms. The Morgan fingerprint density at radius 2 is 2.05 bits per heavy atom. The van der Waals surface area contributed by atoms with Gasteiger partial charge >= 0.3 is 0 Å². The highest BCUT2D eigenvalue weighted by molar-refractivity contribution is 4.93. The number of nitrogens with zero attached hydrogens (tertiary/aromatic N) is 2. The van der Waals surface area contributed by atoms with Gasteiger partial charge in [0.25, 0.3) is 5.56 Å². The predicted octanol–water partition coefficient (Wildman–Crippen LogP) is 2.09. The Morgan fingerprint density at radius 3 is 2.76 bits per heavy atom. The molecule has 0 radical (unpaired) electrons. The van der Waals surface area contributed by atoms with Crippen LogP contribution in [0.4, 0.5) is 0 Å². The second kappa shape index (κ2) is 7.23. The van der Waals surface area contributed by atoms with E-state index in [1.54, 1.807) is 12.1 Å². The molecule has 1 fully saturated rings. The molecule has 1 aliphatic heterocycles. The van der Waals surface area contributed by atoms with Crippen LogP contribution in [0.1, 0.15) is 40.0 Å². The van der Waals surface area contributed by atoms with Gasteiger partial charge in [-0.1, -0.05) is 12.5 Å². The standard InChI is InChI=1S/C17H29N3O/c1-17(2,3)18-14-15-8-4-6-10-19(15)12-13-20-11-7-5-9-16(20)21/h5,7,9,11,15,18H,4,6,8,10,12-14H2,1-3H3. The zero-order chi connectivity index (χ0) is 15.3. The molecule has 1 aromatic heterocycles. The molecule has 0 spiro atoms. The Morgan fingerprint density at radius 1 is 1.24 bits per heavy atom. The van der Waals surface area contributed by atoms with Gasteiger partial charge in [0, 0.05) is 43.5 Å². The van der Waals surface area contributed by atoms with Gasteiger partial charge in [0.1, 0.15) is 0 Å². The molecule has 1 aliphatic rings. The number of rotatable bonds is 5.